The van der Waals surface area contributed by atoms with Crippen molar-refractivity contribution in [3.63, 3.8) is 0 Å². The maximum absolute atomic E-state index is 12.7. The van der Waals surface area contributed by atoms with Gasteiger partial charge in [-0.15, -0.1) is 22.7 Å². The van der Waals surface area contributed by atoms with Crippen LogP contribution in [0.15, 0.2) is 39.2 Å². The first kappa shape index (κ1) is 21.7. The van der Waals surface area contributed by atoms with Crippen LogP contribution >= 0.6 is 22.7 Å². The van der Waals surface area contributed by atoms with Crippen molar-refractivity contribution in [3.8, 4) is 0 Å². The molecular formula is C21H26N2O4S3. The lowest BCUT2D eigenvalue weighted by molar-refractivity contribution is -0.130. The molecule has 4 rings (SSSR count). The van der Waals surface area contributed by atoms with E-state index >= 15 is 0 Å². The van der Waals surface area contributed by atoms with E-state index in [0.717, 1.165) is 30.7 Å². The van der Waals surface area contributed by atoms with Gasteiger partial charge < -0.3 is 4.90 Å². The number of hydrogen-bond acceptors (Lipinski definition) is 6. The molecule has 0 bridgehead atoms. The van der Waals surface area contributed by atoms with Gasteiger partial charge in [-0.2, -0.15) is 4.31 Å². The summed E-state index contributed by atoms with van der Waals surface area (Å²) in [4.78, 5) is 27.4. The molecule has 2 aliphatic heterocycles. The lowest BCUT2D eigenvalue weighted by atomic mass is 9.78. The molecule has 9 heteroatoms. The Hall–Kier alpha value is -1.55. The first-order valence-corrected chi connectivity index (χ1v) is 13.5. The van der Waals surface area contributed by atoms with Gasteiger partial charge in [0.2, 0.25) is 5.91 Å². The average Bonchev–Trinajstić information content (AvgIpc) is 3.50. The van der Waals surface area contributed by atoms with Crippen molar-refractivity contribution in [2.24, 2.45) is 5.41 Å². The summed E-state index contributed by atoms with van der Waals surface area (Å²) >= 11 is 2.69. The summed E-state index contributed by atoms with van der Waals surface area (Å²) in [6.07, 6.45) is 3.88. The Labute approximate surface area is 185 Å². The highest BCUT2D eigenvalue weighted by Gasteiger charge is 2.44. The second-order valence-corrected chi connectivity index (χ2v) is 12.2. The molecule has 0 radical (unpaired) electrons. The van der Waals surface area contributed by atoms with Crippen LogP contribution in [0, 0.1) is 5.41 Å². The van der Waals surface area contributed by atoms with Crippen LogP contribution in [0.5, 0.6) is 0 Å². The van der Waals surface area contributed by atoms with Crippen LogP contribution in [0.1, 0.15) is 48.2 Å². The maximum atomic E-state index is 12.7. The van der Waals surface area contributed by atoms with Gasteiger partial charge in [-0.05, 0) is 54.0 Å². The van der Waals surface area contributed by atoms with Crippen molar-refractivity contribution < 1.29 is 18.0 Å². The van der Waals surface area contributed by atoms with Crippen molar-refractivity contribution in [3.05, 3.63) is 39.9 Å². The van der Waals surface area contributed by atoms with Crippen molar-refractivity contribution in [2.75, 3.05) is 26.2 Å². The Kier molecular flexibility index (Phi) is 6.43. The molecule has 0 aromatic carbocycles. The summed E-state index contributed by atoms with van der Waals surface area (Å²) in [5, 5.41) is 3.67. The normalized spacial score (nSPS) is 19.4. The Balaban J connectivity index is 1.25. The zero-order valence-electron chi connectivity index (χ0n) is 16.8. The summed E-state index contributed by atoms with van der Waals surface area (Å²) in [7, 11) is -3.39. The molecule has 0 aliphatic carbocycles. The molecule has 0 unspecified atom stereocenters. The molecule has 162 valence electrons. The van der Waals surface area contributed by atoms with E-state index < -0.39 is 10.0 Å². The van der Waals surface area contributed by atoms with Gasteiger partial charge in [-0.25, -0.2) is 8.42 Å². The zero-order valence-corrected chi connectivity index (χ0v) is 19.2. The van der Waals surface area contributed by atoms with Crippen molar-refractivity contribution >= 4 is 44.4 Å². The number of amides is 1. The molecule has 2 aromatic heterocycles. The van der Waals surface area contributed by atoms with Gasteiger partial charge in [0.05, 0.1) is 4.88 Å². The highest BCUT2D eigenvalue weighted by Crippen LogP contribution is 2.42. The molecule has 0 saturated carbocycles. The van der Waals surface area contributed by atoms with Gasteiger partial charge in [0.15, 0.2) is 5.78 Å². The van der Waals surface area contributed by atoms with Crippen molar-refractivity contribution in [1.29, 1.82) is 0 Å². The molecule has 6 nitrogen and oxygen atoms in total. The zero-order chi connectivity index (χ0) is 21.2. The lowest BCUT2D eigenvalue weighted by Crippen LogP contribution is -2.44. The van der Waals surface area contributed by atoms with Gasteiger partial charge in [0.1, 0.15) is 4.21 Å². The first-order valence-electron chi connectivity index (χ1n) is 10.3. The third-order valence-electron chi connectivity index (χ3n) is 6.25. The number of Topliss-reactive ketones (excluding diaryl/α,β-unsaturated/α-hetero) is 1. The minimum atomic E-state index is -3.39. The number of rotatable bonds is 7. The average molecular weight is 467 g/mol. The summed E-state index contributed by atoms with van der Waals surface area (Å²) < 4.78 is 27.4. The van der Waals surface area contributed by atoms with E-state index in [0.29, 0.717) is 43.1 Å². The SMILES string of the molecule is O=C(CCCC(=O)N1CCC2(CCN(S(=O)(=O)c3cccs3)CC2)C1)c1cccs1. The Morgan fingerprint density at radius 2 is 1.67 bits per heavy atom. The highest BCUT2D eigenvalue weighted by molar-refractivity contribution is 7.91. The van der Waals surface area contributed by atoms with Crippen molar-refractivity contribution in [2.45, 2.75) is 42.7 Å². The van der Waals surface area contributed by atoms with Gasteiger partial charge in [0.25, 0.3) is 10.0 Å². The Morgan fingerprint density at radius 1 is 0.967 bits per heavy atom. The number of sulfonamides is 1. The Bertz CT molecular complexity index is 976. The highest BCUT2D eigenvalue weighted by atomic mass is 32.2. The summed E-state index contributed by atoms with van der Waals surface area (Å²) in [6, 6.07) is 7.11. The number of likely N-dealkylation sites (tertiary alicyclic amines) is 1. The van der Waals surface area contributed by atoms with Crippen LogP contribution in [-0.4, -0.2) is 55.5 Å². The number of ketones is 1. The fourth-order valence-electron chi connectivity index (χ4n) is 4.41. The van der Waals surface area contributed by atoms with Crippen LogP contribution < -0.4 is 0 Å². The monoisotopic (exact) mass is 466 g/mol. The maximum Gasteiger partial charge on any atom is 0.252 e. The van der Waals surface area contributed by atoms with Crippen LogP contribution in [0.4, 0.5) is 0 Å². The number of thiophene rings is 2. The molecule has 30 heavy (non-hydrogen) atoms. The van der Waals surface area contributed by atoms with Crippen LogP contribution in [0.3, 0.4) is 0 Å². The summed E-state index contributed by atoms with van der Waals surface area (Å²) in [5.41, 5.74) is 0.0317. The largest absolute Gasteiger partial charge is 0.342 e. The molecule has 2 fully saturated rings. The third-order valence-corrected chi connectivity index (χ3v) is 10.4. The molecule has 2 aliphatic rings. The second kappa shape index (κ2) is 8.90. The van der Waals surface area contributed by atoms with E-state index in [9.17, 15) is 18.0 Å². The topological polar surface area (TPSA) is 74.8 Å². The standard InChI is InChI=1S/C21H26N2O4S3/c24-17(18-5-2-14-28-18)4-1-6-19(25)22-11-8-21(16-22)9-12-23(13-10-21)30(26,27)20-7-3-15-29-20/h2-3,5,7,14-15H,1,4,6,8-13,16H2. The summed E-state index contributed by atoms with van der Waals surface area (Å²) in [6.45, 7) is 2.46. The van der Waals surface area contributed by atoms with Gasteiger partial charge in [-0.3, -0.25) is 9.59 Å². The number of hydrogen-bond donors (Lipinski definition) is 0. The van der Waals surface area contributed by atoms with Gasteiger partial charge >= 0.3 is 0 Å². The fraction of sp³-hybridized carbons (Fsp3) is 0.524. The first-order chi connectivity index (χ1) is 14.4. The number of nitrogens with zero attached hydrogens (tertiary/aromatic N) is 2. The third kappa shape index (κ3) is 4.54. The molecule has 1 amide bonds. The van der Waals surface area contributed by atoms with Crippen LogP contribution in [0.2, 0.25) is 0 Å². The molecule has 0 N–H and O–H groups in total. The molecule has 4 heterocycles. The summed E-state index contributed by atoms with van der Waals surface area (Å²) in [5.74, 6) is 0.217. The van der Waals surface area contributed by atoms with E-state index in [1.165, 1.54) is 22.7 Å². The van der Waals surface area contributed by atoms with Gasteiger partial charge in [-0.1, -0.05) is 12.1 Å². The van der Waals surface area contributed by atoms with E-state index in [4.69, 9.17) is 0 Å². The minimum absolute atomic E-state index is 0.0317. The fourth-order valence-corrected chi connectivity index (χ4v) is 7.69. The molecular weight excluding hydrogens is 440 g/mol. The number of piperidine rings is 1. The quantitative estimate of drug-likeness (QED) is 0.581. The molecule has 0 atom stereocenters. The van der Waals surface area contributed by atoms with Crippen LogP contribution in [-0.2, 0) is 14.8 Å². The lowest BCUT2D eigenvalue weighted by Gasteiger charge is -2.38. The molecule has 1 spiro atoms. The van der Waals surface area contributed by atoms with Crippen molar-refractivity contribution in [1.82, 2.24) is 9.21 Å². The van der Waals surface area contributed by atoms with E-state index in [1.54, 1.807) is 21.8 Å². The smallest absolute Gasteiger partial charge is 0.252 e. The van der Waals surface area contributed by atoms with Gasteiger partial charge in [0, 0.05) is 39.0 Å². The van der Waals surface area contributed by atoms with Crippen LogP contribution in [0.25, 0.3) is 0 Å². The van der Waals surface area contributed by atoms with E-state index in [-0.39, 0.29) is 17.1 Å². The number of carbonyl (C=O) groups excluding carboxylic acids is 2. The minimum Gasteiger partial charge on any atom is -0.342 e. The molecule has 2 saturated heterocycles. The second-order valence-electron chi connectivity index (χ2n) is 8.16. The Morgan fingerprint density at radius 3 is 2.33 bits per heavy atom. The predicted molar refractivity (Wildman–Crippen MR) is 118 cm³/mol. The van der Waals surface area contributed by atoms with E-state index in [1.807, 2.05) is 22.4 Å². The molecule has 2 aromatic rings. The van der Waals surface area contributed by atoms with E-state index in [2.05, 4.69) is 0 Å². The number of carbonyl (C=O) groups is 2. The predicted octanol–water partition coefficient (Wildman–Crippen LogP) is 3.87.